The summed E-state index contributed by atoms with van der Waals surface area (Å²) in [6, 6.07) is 5.04. The van der Waals surface area contributed by atoms with E-state index >= 15 is 0 Å². The molecule has 0 N–H and O–H groups in total. The summed E-state index contributed by atoms with van der Waals surface area (Å²) in [6.07, 6.45) is 25.2. The third-order valence-electron chi connectivity index (χ3n) is 7.21. The molecule has 0 unspecified atom stereocenters. The summed E-state index contributed by atoms with van der Waals surface area (Å²) in [6.45, 7) is 7.04. The molecule has 2 heterocycles. The predicted octanol–water partition coefficient (Wildman–Crippen LogP) is 7.50. The van der Waals surface area contributed by atoms with Gasteiger partial charge in [-0.3, -0.25) is 0 Å². The fourth-order valence-electron chi connectivity index (χ4n) is 5.03. The normalized spacial score (nSPS) is 11.1. The average molecular weight is 583 g/mol. The summed E-state index contributed by atoms with van der Waals surface area (Å²) in [5, 5.41) is 1.28. The Labute approximate surface area is 251 Å². The van der Waals surface area contributed by atoms with E-state index < -0.39 is 0 Å². The molecule has 8 heteroatoms. The Hall–Kier alpha value is -2.58. The van der Waals surface area contributed by atoms with Crippen molar-refractivity contribution in [3.63, 3.8) is 0 Å². The number of aromatic nitrogens is 4. The molecule has 3 rings (SSSR count). The average Bonchev–Trinajstić information content (AvgIpc) is 3.65. The number of rotatable bonds is 20. The van der Waals surface area contributed by atoms with Gasteiger partial charge >= 0.3 is 0 Å². The smallest absolute Gasteiger partial charge is 0.156 e. The third kappa shape index (κ3) is 12.7. The molecule has 0 radical (unpaired) electrons. The highest BCUT2D eigenvalue weighted by atomic mass is 32.1. The highest BCUT2D eigenvalue weighted by Gasteiger charge is 2.12. The van der Waals surface area contributed by atoms with E-state index in [2.05, 4.69) is 43.6 Å². The van der Waals surface area contributed by atoms with Gasteiger partial charge in [0.2, 0.25) is 0 Å². The minimum atomic E-state index is 0.641. The maximum atomic E-state index is 5.46. The number of ether oxygens (including phenoxy) is 2. The summed E-state index contributed by atoms with van der Waals surface area (Å²) in [5.74, 6) is 0. The van der Waals surface area contributed by atoms with Crippen LogP contribution in [0.25, 0.3) is 0 Å². The number of aryl methyl sites for hydroxylation is 6. The molecule has 0 aliphatic rings. The van der Waals surface area contributed by atoms with Crippen LogP contribution in [0, 0.1) is 0 Å². The highest BCUT2D eigenvalue weighted by molar-refractivity contribution is 7.80. The van der Waals surface area contributed by atoms with Gasteiger partial charge in [0.25, 0.3) is 0 Å². The third-order valence-corrected chi connectivity index (χ3v) is 7.45. The Kier molecular flexibility index (Phi) is 14.9. The van der Waals surface area contributed by atoms with Gasteiger partial charge < -0.3 is 18.6 Å². The molecular weight excluding hydrogens is 537 g/mol. The van der Waals surface area contributed by atoms with Crippen LogP contribution in [0.15, 0.2) is 49.6 Å². The van der Waals surface area contributed by atoms with Gasteiger partial charge in [-0.25, -0.2) is 9.97 Å². The quantitative estimate of drug-likeness (QED) is 0.102. The molecule has 0 amide bonds. The number of benzene rings is 1. The Morgan fingerprint density at radius 3 is 1.38 bits per heavy atom. The zero-order valence-electron chi connectivity index (χ0n) is 24.4. The van der Waals surface area contributed by atoms with E-state index in [1.807, 2.05) is 38.9 Å². The van der Waals surface area contributed by atoms with E-state index in [1.165, 1.54) is 60.8 Å². The maximum Gasteiger partial charge on any atom is 0.156 e. The van der Waals surface area contributed by atoms with Gasteiger partial charge in [-0.05, 0) is 98.1 Å². The van der Waals surface area contributed by atoms with Crippen molar-refractivity contribution < 1.29 is 9.47 Å². The Morgan fingerprint density at radius 1 is 0.600 bits per heavy atom. The first-order valence-electron chi connectivity index (χ1n) is 14.8. The van der Waals surface area contributed by atoms with Crippen LogP contribution in [-0.4, -0.2) is 42.4 Å². The van der Waals surface area contributed by atoms with Crippen molar-refractivity contribution in [2.24, 2.45) is 0 Å². The number of hydrogen-bond acceptors (Lipinski definition) is 6. The van der Waals surface area contributed by atoms with E-state index in [4.69, 9.17) is 33.9 Å². The Morgan fingerprint density at radius 2 is 1.00 bits per heavy atom. The van der Waals surface area contributed by atoms with Crippen molar-refractivity contribution >= 4 is 34.5 Å². The lowest BCUT2D eigenvalue weighted by Crippen LogP contribution is -2.08. The molecule has 6 nitrogen and oxygen atoms in total. The number of thiocarbonyl (C=S) groups is 2. The van der Waals surface area contributed by atoms with Crippen molar-refractivity contribution in [1.29, 1.82) is 0 Å². The lowest BCUT2D eigenvalue weighted by molar-refractivity contribution is 0.297. The molecule has 40 heavy (non-hydrogen) atoms. The van der Waals surface area contributed by atoms with E-state index in [0.717, 1.165) is 64.8 Å². The Bertz CT molecular complexity index is 1040. The molecule has 3 aromatic rings. The van der Waals surface area contributed by atoms with Crippen molar-refractivity contribution in [2.45, 2.75) is 104 Å². The number of nitrogens with zero attached hydrogens (tertiary/aromatic N) is 4. The van der Waals surface area contributed by atoms with Gasteiger partial charge in [-0.1, -0.05) is 37.8 Å². The fraction of sp³-hybridized carbons (Fsp3) is 0.562. The van der Waals surface area contributed by atoms with Crippen LogP contribution in [0.2, 0.25) is 0 Å². The number of imidazole rings is 2. The van der Waals surface area contributed by atoms with E-state index in [0.29, 0.717) is 10.1 Å². The first-order chi connectivity index (χ1) is 19.5. The largest absolute Gasteiger partial charge is 0.487 e. The minimum Gasteiger partial charge on any atom is -0.487 e. The molecule has 0 bridgehead atoms. The zero-order chi connectivity index (χ0) is 28.4. The van der Waals surface area contributed by atoms with Crippen LogP contribution in [-0.2, 0) is 48.2 Å². The van der Waals surface area contributed by atoms with Crippen LogP contribution in [0.1, 0.15) is 87.5 Å². The second-order valence-corrected chi connectivity index (χ2v) is 11.6. The van der Waals surface area contributed by atoms with Crippen molar-refractivity contribution in [3.8, 4) is 0 Å². The van der Waals surface area contributed by atoms with Crippen LogP contribution in [0.4, 0.5) is 0 Å². The van der Waals surface area contributed by atoms with Crippen molar-refractivity contribution in [1.82, 2.24) is 19.1 Å². The minimum absolute atomic E-state index is 0.641. The van der Waals surface area contributed by atoms with Gasteiger partial charge in [-0.2, -0.15) is 0 Å². The highest BCUT2D eigenvalue weighted by Crippen LogP contribution is 2.24. The molecule has 2 aromatic heterocycles. The first kappa shape index (κ1) is 31.9. The van der Waals surface area contributed by atoms with E-state index in [9.17, 15) is 0 Å². The maximum absolute atomic E-state index is 5.46. The van der Waals surface area contributed by atoms with E-state index in [-0.39, 0.29) is 0 Å². The Balaban J connectivity index is 1.66. The number of unbranched alkanes of at least 4 members (excludes halogenated alkanes) is 6. The molecular formula is C32H46N4O2S2. The predicted molar refractivity (Wildman–Crippen MR) is 171 cm³/mol. The van der Waals surface area contributed by atoms with Gasteiger partial charge in [0.15, 0.2) is 10.1 Å². The SMILES string of the molecule is CC(=S)OCCCCCCc1cc(CCn2ccnc2)c(CCn2ccnc2)cc1CCCCCCOC(C)=S. The van der Waals surface area contributed by atoms with Crippen molar-refractivity contribution in [2.75, 3.05) is 13.2 Å². The topological polar surface area (TPSA) is 54.1 Å². The molecule has 218 valence electrons. The fourth-order valence-corrected chi connectivity index (χ4v) is 5.20. The van der Waals surface area contributed by atoms with E-state index in [1.54, 1.807) is 0 Å². The van der Waals surface area contributed by atoms with Crippen LogP contribution < -0.4 is 0 Å². The monoisotopic (exact) mass is 582 g/mol. The van der Waals surface area contributed by atoms with Crippen LogP contribution in [0.5, 0.6) is 0 Å². The van der Waals surface area contributed by atoms with Gasteiger partial charge in [0.1, 0.15) is 0 Å². The van der Waals surface area contributed by atoms with Gasteiger partial charge in [0, 0.05) is 51.7 Å². The van der Waals surface area contributed by atoms with Gasteiger partial charge in [-0.15, -0.1) is 0 Å². The molecule has 0 aliphatic carbocycles. The molecule has 0 fully saturated rings. The summed E-state index contributed by atoms with van der Waals surface area (Å²) < 4.78 is 15.3. The molecule has 0 spiro atoms. The second-order valence-electron chi connectivity index (χ2n) is 10.5. The molecule has 0 atom stereocenters. The second kappa shape index (κ2) is 18.7. The zero-order valence-corrected chi connectivity index (χ0v) is 26.0. The number of hydrogen-bond donors (Lipinski definition) is 0. The molecule has 0 saturated heterocycles. The lowest BCUT2D eigenvalue weighted by atomic mass is 9.89. The summed E-state index contributed by atoms with van der Waals surface area (Å²) in [4.78, 5) is 8.46. The molecule has 0 aliphatic heterocycles. The first-order valence-corrected chi connectivity index (χ1v) is 15.6. The summed E-state index contributed by atoms with van der Waals surface area (Å²) in [5.41, 5.74) is 5.98. The summed E-state index contributed by atoms with van der Waals surface area (Å²) >= 11 is 10.0. The van der Waals surface area contributed by atoms with Gasteiger partial charge in [0.05, 0.1) is 25.9 Å². The van der Waals surface area contributed by atoms with Crippen LogP contribution in [0.3, 0.4) is 0 Å². The molecule has 0 saturated carbocycles. The molecule has 1 aromatic carbocycles. The van der Waals surface area contributed by atoms with Crippen molar-refractivity contribution in [3.05, 3.63) is 71.8 Å². The standard InChI is InChI=1S/C32H46N4O2S2/c1-27(39)37-21-9-5-3-7-11-29-23-31(13-17-35-19-15-33-25-35)32(14-18-36-20-16-34-26-36)24-30(29)12-8-4-6-10-22-38-28(2)40/h15-16,19-20,23-26H,3-14,17-18,21-22H2,1-2H3. The lowest BCUT2D eigenvalue weighted by Gasteiger charge is -2.18. The van der Waals surface area contributed by atoms with Crippen LogP contribution >= 0.6 is 24.4 Å². The summed E-state index contributed by atoms with van der Waals surface area (Å²) in [7, 11) is 0.